The molecule has 20 heavy (non-hydrogen) atoms. The highest BCUT2D eigenvalue weighted by atomic mass is 15.1. The van der Waals surface area contributed by atoms with Crippen LogP contribution in [0.25, 0.3) is 22.1 Å². The number of H-pyrrole nitrogens is 2. The zero-order chi connectivity index (χ0) is 13.5. The van der Waals surface area contributed by atoms with E-state index in [1.54, 1.807) is 6.20 Å². The van der Waals surface area contributed by atoms with Crippen molar-refractivity contribution in [2.75, 3.05) is 5.73 Å². The number of rotatable bonds is 2. The van der Waals surface area contributed by atoms with Gasteiger partial charge in [-0.05, 0) is 29.1 Å². The van der Waals surface area contributed by atoms with Crippen LogP contribution in [0, 0.1) is 0 Å². The smallest absolute Gasteiger partial charge is 0.222 e. The van der Waals surface area contributed by atoms with Gasteiger partial charge in [-0.2, -0.15) is 4.98 Å². The Morgan fingerprint density at radius 2 is 2.05 bits per heavy atom. The molecule has 0 spiro atoms. The lowest BCUT2D eigenvalue weighted by atomic mass is 10.1. The highest BCUT2D eigenvalue weighted by Crippen LogP contribution is 2.17. The summed E-state index contributed by atoms with van der Waals surface area (Å²) in [6.07, 6.45) is 4.31. The third kappa shape index (κ3) is 1.78. The van der Waals surface area contributed by atoms with Crippen LogP contribution in [-0.2, 0) is 6.42 Å². The predicted molar refractivity (Wildman–Crippen MR) is 77.2 cm³/mol. The van der Waals surface area contributed by atoms with Crippen LogP contribution in [0.2, 0.25) is 0 Å². The van der Waals surface area contributed by atoms with Gasteiger partial charge in [-0.1, -0.05) is 6.07 Å². The first-order valence-corrected chi connectivity index (χ1v) is 6.31. The molecule has 1 aromatic carbocycles. The Hall–Kier alpha value is -2.89. The van der Waals surface area contributed by atoms with Gasteiger partial charge in [-0.25, -0.2) is 9.97 Å². The van der Waals surface area contributed by atoms with Gasteiger partial charge in [0.1, 0.15) is 11.3 Å². The summed E-state index contributed by atoms with van der Waals surface area (Å²) in [7, 11) is 0. The van der Waals surface area contributed by atoms with E-state index >= 15 is 0 Å². The van der Waals surface area contributed by atoms with Gasteiger partial charge >= 0.3 is 0 Å². The van der Waals surface area contributed by atoms with E-state index in [1.807, 2.05) is 6.20 Å². The number of aromatic amines is 2. The molecule has 6 heteroatoms. The van der Waals surface area contributed by atoms with Crippen LogP contribution in [0.5, 0.6) is 0 Å². The molecule has 0 aliphatic rings. The van der Waals surface area contributed by atoms with E-state index in [0.29, 0.717) is 5.65 Å². The number of nitrogen functional groups attached to an aromatic ring is 1. The number of benzene rings is 1. The van der Waals surface area contributed by atoms with Crippen molar-refractivity contribution in [3.63, 3.8) is 0 Å². The van der Waals surface area contributed by atoms with Crippen molar-refractivity contribution in [2.24, 2.45) is 0 Å². The summed E-state index contributed by atoms with van der Waals surface area (Å²) < 4.78 is 0. The third-order valence-electron chi connectivity index (χ3n) is 3.30. The Morgan fingerprint density at radius 1 is 1.10 bits per heavy atom. The van der Waals surface area contributed by atoms with E-state index in [2.05, 4.69) is 49.2 Å². The zero-order valence-electron chi connectivity index (χ0n) is 10.6. The highest BCUT2D eigenvalue weighted by molar-refractivity contribution is 5.80. The maximum atomic E-state index is 5.56. The molecule has 3 aromatic heterocycles. The Bertz CT molecular complexity index is 904. The van der Waals surface area contributed by atoms with E-state index < -0.39 is 0 Å². The lowest BCUT2D eigenvalue weighted by Crippen LogP contribution is -1.93. The molecule has 0 unspecified atom stereocenters. The molecule has 0 radical (unpaired) electrons. The van der Waals surface area contributed by atoms with Crippen molar-refractivity contribution in [1.29, 1.82) is 0 Å². The minimum Gasteiger partial charge on any atom is -0.368 e. The second-order valence-electron chi connectivity index (χ2n) is 4.73. The van der Waals surface area contributed by atoms with Crippen molar-refractivity contribution in [1.82, 2.24) is 24.9 Å². The van der Waals surface area contributed by atoms with Crippen molar-refractivity contribution in [3.05, 3.63) is 48.0 Å². The molecule has 4 aromatic rings. The monoisotopic (exact) mass is 264 g/mol. The number of hydrogen-bond donors (Lipinski definition) is 3. The predicted octanol–water partition coefficient (Wildman–Crippen LogP) is 2.01. The molecule has 3 heterocycles. The van der Waals surface area contributed by atoms with Gasteiger partial charge in [0.25, 0.3) is 0 Å². The zero-order valence-corrected chi connectivity index (χ0v) is 10.6. The van der Waals surface area contributed by atoms with Crippen LogP contribution < -0.4 is 5.73 Å². The fraction of sp³-hybridized carbons (Fsp3) is 0.0714. The van der Waals surface area contributed by atoms with Gasteiger partial charge in [0, 0.05) is 18.1 Å². The van der Waals surface area contributed by atoms with Crippen LogP contribution >= 0.6 is 0 Å². The normalized spacial score (nSPS) is 11.4. The molecule has 0 fully saturated rings. The van der Waals surface area contributed by atoms with Crippen LogP contribution in [0.15, 0.2) is 36.7 Å². The minimum absolute atomic E-state index is 0.240. The molecular formula is C14H12N6. The Morgan fingerprint density at radius 3 is 3.00 bits per heavy atom. The Labute approximate surface area is 114 Å². The average Bonchev–Trinajstić information content (AvgIpc) is 3.03. The van der Waals surface area contributed by atoms with Gasteiger partial charge in [0.05, 0.1) is 6.20 Å². The molecule has 4 rings (SSSR count). The molecule has 0 amide bonds. The first-order valence-electron chi connectivity index (χ1n) is 6.31. The molecule has 4 N–H and O–H groups in total. The van der Waals surface area contributed by atoms with E-state index in [1.165, 1.54) is 10.9 Å². The van der Waals surface area contributed by atoms with Gasteiger partial charge < -0.3 is 15.7 Å². The van der Waals surface area contributed by atoms with Crippen molar-refractivity contribution in [2.45, 2.75) is 6.42 Å². The van der Waals surface area contributed by atoms with Gasteiger partial charge in [-0.3, -0.25) is 0 Å². The van der Waals surface area contributed by atoms with Crippen LogP contribution in [-0.4, -0.2) is 24.9 Å². The molecule has 98 valence electrons. The molecular weight excluding hydrogens is 252 g/mol. The molecule has 0 atom stereocenters. The fourth-order valence-electron chi connectivity index (χ4n) is 2.36. The number of fused-ring (bicyclic) bond motifs is 2. The van der Waals surface area contributed by atoms with E-state index in [9.17, 15) is 0 Å². The fourth-order valence-corrected chi connectivity index (χ4v) is 2.36. The summed E-state index contributed by atoms with van der Waals surface area (Å²) >= 11 is 0. The number of imidazole rings is 1. The maximum Gasteiger partial charge on any atom is 0.222 e. The van der Waals surface area contributed by atoms with Gasteiger partial charge in [0.15, 0.2) is 5.65 Å². The SMILES string of the molecule is Nc1ncc2[nH]c(Cc3ccc4[nH]ccc4c3)nc2n1. The van der Waals surface area contributed by atoms with Crippen LogP contribution in [0.1, 0.15) is 11.4 Å². The highest BCUT2D eigenvalue weighted by Gasteiger charge is 2.06. The van der Waals surface area contributed by atoms with Gasteiger partial charge in [0.2, 0.25) is 5.95 Å². The molecule has 0 aliphatic heterocycles. The summed E-state index contributed by atoms with van der Waals surface area (Å²) in [5.74, 6) is 1.10. The summed E-state index contributed by atoms with van der Waals surface area (Å²) in [6, 6.07) is 8.37. The number of aromatic nitrogens is 5. The number of nitrogens with zero attached hydrogens (tertiary/aromatic N) is 3. The summed E-state index contributed by atoms with van der Waals surface area (Å²) in [5, 5.41) is 1.20. The first kappa shape index (κ1) is 11.0. The number of nitrogens with two attached hydrogens (primary N) is 1. The Kier molecular flexibility index (Phi) is 2.23. The Balaban J connectivity index is 1.72. The second-order valence-corrected chi connectivity index (χ2v) is 4.73. The largest absolute Gasteiger partial charge is 0.368 e. The standard InChI is InChI=1S/C14H12N6/c15-14-17-7-11-13(20-14)19-12(18-11)6-8-1-2-10-9(5-8)3-4-16-10/h1-5,7,16H,6H2,(H3,15,17,18,19,20). The average molecular weight is 264 g/mol. The van der Waals surface area contributed by atoms with Crippen LogP contribution in [0.4, 0.5) is 5.95 Å². The third-order valence-corrected chi connectivity index (χ3v) is 3.30. The van der Waals surface area contributed by atoms with Crippen LogP contribution in [0.3, 0.4) is 0 Å². The molecule has 0 saturated carbocycles. The van der Waals surface area contributed by atoms with E-state index in [4.69, 9.17) is 5.73 Å². The first-order chi connectivity index (χ1) is 9.78. The maximum absolute atomic E-state index is 5.56. The topological polar surface area (TPSA) is 96.3 Å². The number of hydrogen-bond acceptors (Lipinski definition) is 4. The summed E-state index contributed by atoms with van der Waals surface area (Å²) in [4.78, 5) is 18.9. The number of nitrogens with one attached hydrogen (secondary N) is 2. The quantitative estimate of drug-likeness (QED) is 0.516. The summed E-state index contributed by atoms with van der Waals surface area (Å²) in [6.45, 7) is 0. The molecule has 0 bridgehead atoms. The second kappa shape index (κ2) is 4.06. The minimum atomic E-state index is 0.240. The van der Waals surface area contributed by atoms with Crippen molar-refractivity contribution in [3.8, 4) is 0 Å². The lowest BCUT2D eigenvalue weighted by molar-refractivity contribution is 1.04. The molecule has 0 saturated heterocycles. The number of anilines is 1. The molecule has 6 nitrogen and oxygen atoms in total. The van der Waals surface area contributed by atoms with E-state index in [-0.39, 0.29) is 5.95 Å². The summed E-state index contributed by atoms with van der Waals surface area (Å²) in [5.41, 5.74) is 9.29. The van der Waals surface area contributed by atoms with Gasteiger partial charge in [-0.15, -0.1) is 0 Å². The molecule has 0 aliphatic carbocycles. The van der Waals surface area contributed by atoms with Crippen molar-refractivity contribution >= 4 is 28.0 Å². The van der Waals surface area contributed by atoms with E-state index in [0.717, 1.165) is 23.3 Å². The van der Waals surface area contributed by atoms with Crippen molar-refractivity contribution < 1.29 is 0 Å². The lowest BCUT2D eigenvalue weighted by Gasteiger charge is -1.98.